The lowest BCUT2D eigenvalue weighted by Gasteiger charge is -2.21. The molecule has 1 aliphatic carbocycles. The molecule has 1 heteroatoms. The molecule has 2 unspecified atom stereocenters. The number of nitrogens with zero attached hydrogens (tertiary/aromatic N) is 1. The maximum absolute atomic E-state index is 4.00. The predicted molar refractivity (Wildman–Crippen MR) is 69.9 cm³/mol. The van der Waals surface area contributed by atoms with Gasteiger partial charge in [-0.1, -0.05) is 24.1 Å². The highest BCUT2D eigenvalue weighted by Crippen LogP contribution is 2.48. The van der Waals surface area contributed by atoms with Crippen molar-refractivity contribution in [3.8, 4) is 12.8 Å². The molecular weight excluding hydrogens is 194 g/mol. The van der Waals surface area contributed by atoms with Crippen LogP contribution >= 0.6 is 0 Å². The third kappa shape index (κ3) is 1.50. The lowest BCUT2D eigenvalue weighted by molar-refractivity contribution is 0.625. The number of hydrogen-bond acceptors (Lipinski definition) is 1. The minimum absolute atomic E-state index is 0.798. The van der Waals surface area contributed by atoms with Gasteiger partial charge < -0.3 is 4.90 Å². The zero-order chi connectivity index (χ0) is 11.7. The topological polar surface area (TPSA) is 3.24 Å². The van der Waals surface area contributed by atoms with Gasteiger partial charge in [-0.15, -0.1) is 12.8 Å². The maximum Gasteiger partial charge on any atom is 0.0402 e. The van der Waals surface area contributed by atoms with Gasteiger partial charge in [-0.3, -0.25) is 0 Å². The summed E-state index contributed by atoms with van der Waals surface area (Å²) in [4.78, 5) is 2.49. The highest BCUT2D eigenvalue weighted by atomic mass is 15.2. The molecule has 1 saturated carbocycles. The van der Waals surface area contributed by atoms with Crippen LogP contribution in [0.1, 0.15) is 36.3 Å². The van der Waals surface area contributed by atoms with Crippen molar-refractivity contribution in [1.82, 2.24) is 0 Å². The van der Waals surface area contributed by atoms with Crippen LogP contribution in [0, 0.1) is 19.8 Å². The molecule has 3 rings (SSSR count). The van der Waals surface area contributed by atoms with Gasteiger partial charge in [0.25, 0.3) is 0 Å². The quantitative estimate of drug-likeness (QED) is 0.597. The van der Waals surface area contributed by atoms with Gasteiger partial charge in [-0.2, -0.15) is 0 Å². The summed E-state index contributed by atoms with van der Waals surface area (Å²) in [7, 11) is 2.25. The number of anilines is 1. The molecule has 1 aromatic rings. The van der Waals surface area contributed by atoms with Gasteiger partial charge in [0.05, 0.1) is 0 Å². The fourth-order valence-electron chi connectivity index (χ4n) is 3.24. The number of rotatable bonds is 0. The van der Waals surface area contributed by atoms with E-state index in [0.29, 0.717) is 0 Å². The monoisotopic (exact) mass is 213 g/mol. The SMILES string of the molecule is C#C.Cc1ccc2c(c1)C1CCCC1N2C. The van der Waals surface area contributed by atoms with E-state index in [1.54, 1.807) is 5.56 Å². The Hall–Kier alpha value is -1.42. The zero-order valence-corrected chi connectivity index (χ0v) is 10.1. The van der Waals surface area contributed by atoms with Crippen molar-refractivity contribution in [2.45, 2.75) is 38.1 Å². The van der Waals surface area contributed by atoms with E-state index >= 15 is 0 Å². The van der Waals surface area contributed by atoms with Gasteiger partial charge in [0.1, 0.15) is 0 Å². The molecule has 0 N–H and O–H groups in total. The molecule has 1 heterocycles. The first-order valence-electron chi connectivity index (χ1n) is 5.94. The standard InChI is InChI=1S/C13H17N.C2H2/c1-9-6-7-13-11(8-9)10-4-3-5-12(10)14(13)2;1-2/h6-8,10,12H,3-5H2,1-2H3;1-2H. The second-order valence-corrected chi connectivity index (χ2v) is 4.78. The van der Waals surface area contributed by atoms with E-state index in [-0.39, 0.29) is 0 Å². The van der Waals surface area contributed by atoms with Gasteiger partial charge in [-0.25, -0.2) is 0 Å². The van der Waals surface area contributed by atoms with Crippen LogP contribution in [0.2, 0.25) is 0 Å². The predicted octanol–water partition coefficient (Wildman–Crippen LogP) is 3.33. The largest absolute Gasteiger partial charge is 0.371 e. The molecule has 16 heavy (non-hydrogen) atoms. The molecule has 2 aliphatic rings. The van der Waals surface area contributed by atoms with E-state index in [9.17, 15) is 0 Å². The molecule has 1 aliphatic heterocycles. The average Bonchev–Trinajstić information content (AvgIpc) is 2.87. The second kappa shape index (κ2) is 4.22. The third-order valence-corrected chi connectivity index (χ3v) is 3.94. The summed E-state index contributed by atoms with van der Waals surface area (Å²) in [5, 5.41) is 0. The molecule has 1 nitrogen and oxygen atoms in total. The van der Waals surface area contributed by atoms with Crippen molar-refractivity contribution in [3.63, 3.8) is 0 Å². The van der Waals surface area contributed by atoms with Crippen molar-refractivity contribution >= 4 is 5.69 Å². The van der Waals surface area contributed by atoms with Crippen LogP contribution in [0.4, 0.5) is 5.69 Å². The van der Waals surface area contributed by atoms with Crippen molar-refractivity contribution in [2.24, 2.45) is 0 Å². The van der Waals surface area contributed by atoms with E-state index in [1.165, 1.54) is 30.5 Å². The Morgan fingerprint density at radius 3 is 2.75 bits per heavy atom. The molecule has 1 fully saturated rings. The highest BCUT2D eigenvalue weighted by molar-refractivity contribution is 5.62. The molecule has 0 saturated heterocycles. The first kappa shape index (κ1) is 11.1. The molecule has 0 aromatic heterocycles. The number of benzene rings is 1. The second-order valence-electron chi connectivity index (χ2n) is 4.78. The Labute approximate surface area is 98.5 Å². The van der Waals surface area contributed by atoms with Crippen LogP contribution in [0.5, 0.6) is 0 Å². The fourth-order valence-corrected chi connectivity index (χ4v) is 3.24. The summed E-state index contributed by atoms with van der Waals surface area (Å²) in [5.41, 5.74) is 4.49. The van der Waals surface area contributed by atoms with Crippen LogP contribution in [-0.4, -0.2) is 13.1 Å². The van der Waals surface area contributed by atoms with Crippen LogP contribution < -0.4 is 4.90 Å². The molecule has 84 valence electrons. The van der Waals surface area contributed by atoms with Crippen LogP contribution in [0.25, 0.3) is 0 Å². The van der Waals surface area contributed by atoms with E-state index in [1.807, 2.05) is 0 Å². The number of likely N-dealkylation sites (N-methyl/N-ethyl adjacent to an activating group) is 1. The van der Waals surface area contributed by atoms with E-state index < -0.39 is 0 Å². The normalized spacial score (nSPS) is 25.6. The first-order chi connectivity index (χ1) is 7.77. The van der Waals surface area contributed by atoms with Gasteiger partial charge >= 0.3 is 0 Å². The minimum atomic E-state index is 0.798. The average molecular weight is 213 g/mol. The Bertz CT molecular complexity index is 405. The maximum atomic E-state index is 4.00. The first-order valence-corrected chi connectivity index (χ1v) is 5.94. The van der Waals surface area contributed by atoms with Crippen LogP contribution in [-0.2, 0) is 0 Å². The Morgan fingerprint density at radius 1 is 1.25 bits per heavy atom. The number of terminal acetylenes is 1. The Kier molecular flexibility index (Phi) is 2.92. The van der Waals surface area contributed by atoms with Gasteiger partial charge in [0.2, 0.25) is 0 Å². The molecular formula is C15H19N. The van der Waals surface area contributed by atoms with Gasteiger partial charge in [0, 0.05) is 24.7 Å². The van der Waals surface area contributed by atoms with E-state index in [0.717, 1.165) is 12.0 Å². The Balaban J connectivity index is 0.000000457. The minimum Gasteiger partial charge on any atom is -0.371 e. The van der Waals surface area contributed by atoms with Crippen LogP contribution in [0.3, 0.4) is 0 Å². The van der Waals surface area contributed by atoms with Crippen molar-refractivity contribution in [3.05, 3.63) is 29.3 Å². The summed E-state index contributed by atoms with van der Waals surface area (Å²) >= 11 is 0. The Morgan fingerprint density at radius 2 is 2.00 bits per heavy atom. The van der Waals surface area contributed by atoms with Crippen LogP contribution in [0.15, 0.2) is 18.2 Å². The number of hydrogen-bond donors (Lipinski definition) is 0. The third-order valence-electron chi connectivity index (χ3n) is 3.94. The summed E-state index contributed by atoms with van der Waals surface area (Å²) in [5.74, 6) is 0.829. The number of fused-ring (bicyclic) bond motifs is 3. The zero-order valence-electron chi connectivity index (χ0n) is 10.1. The highest BCUT2D eigenvalue weighted by Gasteiger charge is 2.39. The summed E-state index contributed by atoms with van der Waals surface area (Å²) in [6, 6.07) is 7.72. The van der Waals surface area contributed by atoms with Gasteiger partial charge in [0.15, 0.2) is 0 Å². The summed E-state index contributed by atoms with van der Waals surface area (Å²) < 4.78 is 0. The van der Waals surface area contributed by atoms with E-state index in [4.69, 9.17) is 0 Å². The summed E-state index contributed by atoms with van der Waals surface area (Å²) in [6.07, 6.45) is 12.2. The van der Waals surface area contributed by atoms with Crippen molar-refractivity contribution < 1.29 is 0 Å². The van der Waals surface area contributed by atoms with Crippen molar-refractivity contribution in [2.75, 3.05) is 11.9 Å². The molecule has 2 atom stereocenters. The fraction of sp³-hybridized carbons (Fsp3) is 0.467. The molecule has 0 bridgehead atoms. The molecule has 0 radical (unpaired) electrons. The van der Waals surface area contributed by atoms with Crippen molar-refractivity contribution in [1.29, 1.82) is 0 Å². The molecule has 0 amide bonds. The smallest absolute Gasteiger partial charge is 0.0402 e. The number of aryl methyl sites for hydroxylation is 1. The molecule has 0 spiro atoms. The lowest BCUT2D eigenvalue weighted by Crippen LogP contribution is -2.26. The lowest BCUT2D eigenvalue weighted by atomic mass is 9.96. The summed E-state index contributed by atoms with van der Waals surface area (Å²) in [6.45, 7) is 2.20. The van der Waals surface area contributed by atoms with Gasteiger partial charge in [-0.05, 0) is 31.4 Å². The molecule has 1 aromatic carbocycles. The van der Waals surface area contributed by atoms with E-state index in [2.05, 4.69) is 49.9 Å².